The molecule has 2 heteroatoms. The first-order chi connectivity index (χ1) is 6.68. The summed E-state index contributed by atoms with van der Waals surface area (Å²) in [6, 6.07) is 6.48. The number of benzene rings is 1. The molecule has 1 aromatic rings. The Morgan fingerprint density at radius 2 is 2.14 bits per heavy atom. The summed E-state index contributed by atoms with van der Waals surface area (Å²) in [5, 5.41) is 9.67. The molecule has 0 aliphatic heterocycles. The maximum atomic E-state index is 9.67. The zero-order chi connectivity index (χ0) is 10.1. The fraction of sp³-hybridized carbons (Fsp3) is 0.500. The molecule has 0 spiro atoms. The van der Waals surface area contributed by atoms with Crippen LogP contribution < -0.4 is 0 Å². The van der Waals surface area contributed by atoms with Crippen molar-refractivity contribution in [1.82, 2.24) is 4.90 Å². The third-order valence-corrected chi connectivity index (χ3v) is 3.16. The molecule has 1 aliphatic rings. The average molecular weight is 191 g/mol. The van der Waals surface area contributed by atoms with Gasteiger partial charge in [0, 0.05) is 6.04 Å². The summed E-state index contributed by atoms with van der Waals surface area (Å²) in [7, 11) is 4.25. The van der Waals surface area contributed by atoms with Gasteiger partial charge >= 0.3 is 0 Å². The molecule has 0 amide bonds. The van der Waals surface area contributed by atoms with Crippen LogP contribution in [0.3, 0.4) is 0 Å². The van der Waals surface area contributed by atoms with Crippen LogP contribution in [0.15, 0.2) is 18.2 Å². The van der Waals surface area contributed by atoms with E-state index in [9.17, 15) is 5.11 Å². The average Bonchev–Trinajstić information content (AvgIpc) is 2.17. The molecule has 1 atom stereocenters. The molecule has 0 radical (unpaired) electrons. The minimum Gasteiger partial charge on any atom is -0.508 e. The molecular weight excluding hydrogens is 174 g/mol. The zero-order valence-electron chi connectivity index (χ0n) is 8.83. The Bertz CT molecular complexity index is 333. The number of likely N-dealkylation sites (N-methyl/N-ethyl adjacent to an activating group) is 1. The van der Waals surface area contributed by atoms with E-state index < -0.39 is 0 Å². The monoisotopic (exact) mass is 191 g/mol. The molecule has 1 aliphatic carbocycles. The van der Waals surface area contributed by atoms with Crippen LogP contribution in [0.4, 0.5) is 0 Å². The summed E-state index contributed by atoms with van der Waals surface area (Å²) < 4.78 is 0. The van der Waals surface area contributed by atoms with Gasteiger partial charge in [0.05, 0.1) is 0 Å². The summed E-state index contributed by atoms with van der Waals surface area (Å²) in [5.41, 5.74) is 2.47. The van der Waals surface area contributed by atoms with Gasteiger partial charge < -0.3 is 10.0 Å². The van der Waals surface area contributed by atoms with Crippen molar-refractivity contribution in [3.63, 3.8) is 0 Å². The van der Waals surface area contributed by atoms with Crippen LogP contribution in [0.25, 0.3) is 0 Å². The smallest absolute Gasteiger partial charge is 0.119 e. The van der Waals surface area contributed by atoms with E-state index in [2.05, 4.69) is 25.1 Å². The van der Waals surface area contributed by atoms with E-state index in [1.165, 1.54) is 5.56 Å². The van der Waals surface area contributed by atoms with Crippen molar-refractivity contribution in [2.75, 3.05) is 14.1 Å². The van der Waals surface area contributed by atoms with Crippen molar-refractivity contribution >= 4 is 0 Å². The van der Waals surface area contributed by atoms with E-state index in [1.54, 1.807) is 6.07 Å². The van der Waals surface area contributed by atoms with Gasteiger partial charge in [-0.2, -0.15) is 0 Å². The second kappa shape index (κ2) is 3.62. The number of fused-ring (bicyclic) bond motifs is 1. The fourth-order valence-electron chi connectivity index (χ4n) is 2.21. The standard InChI is InChI=1S/C12H17NO/c1-13(2)10-6-7-11-9(8-10)4-3-5-12(11)14/h3-5,10,14H,6-8H2,1-2H3/t10-/m0/s1. The topological polar surface area (TPSA) is 23.5 Å². The van der Waals surface area contributed by atoms with Gasteiger partial charge in [0.1, 0.15) is 5.75 Å². The van der Waals surface area contributed by atoms with Crippen molar-refractivity contribution in [2.45, 2.75) is 25.3 Å². The van der Waals surface area contributed by atoms with Gasteiger partial charge in [-0.05, 0) is 50.6 Å². The van der Waals surface area contributed by atoms with Crippen molar-refractivity contribution in [3.8, 4) is 5.75 Å². The van der Waals surface area contributed by atoms with Crippen LogP contribution in [0.5, 0.6) is 5.75 Å². The van der Waals surface area contributed by atoms with Gasteiger partial charge in [0.25, 0.3) is 0 Å². The van der Waals surface area contributed by atoms with Crippen molar-refractivity contribution in [2.24, 2.45) is 0 Å². The summed E-state index contributed by atoms with van der Waals surface area (Å²) in [6.45, 7) is 0. The maximum absolute atomic E-state index is 9.67. The van der Waals surface area contributed by atoms with E-state index in [-0.39, 0.29) is 0 Å². The second-order valence-electron chi connectivity index (χ2n) is 4.28. The first-order valence-electron chi connectivity index (χ1n) is 5.14. The van der Waals surface area contributed by atoms with Crippen molar-refractivity contribution in [1.29, 1.82) is 0 Å². The zero-order valence-corrected chi connectivity index (χ0v) is 8.83. The summed E-state index contributed by atoms with van der Waals surface area (Å²) in [5.74, 6) is 0.472. The van der Waals surface area contributed by atoms with E-state index in [1.807, 2.05) is 6.07 Å². The molecule has 0 heterocycles. The molecule has 2 rings (SSSR count). The Balaban J connectivity index is 2.27. The molecule has 0 saturated heterocycles. The highest BCUT2D eigenvalue weighted by Crippen LogP contribution is 2.29. The Labute approximate surface area is 85.2 Å². The highest BCUT2D eigenvalue weighted by Gasteiger charge is 2.21. The van der Waals surface area contributed by atoms with Crippen LogP contribution in [0, 0.1) is 0 Å². The minimum atomic E-state index is 0.472. The van der Waals surface area contributed by atoms with Crippen molar-refractivity contribution < 1.29 is 5.11 Å². The van der Waals surface area contributed by atoms with E-state index in [4.69, 9.17) is 0 Å². The van der Waals surface area contributed by atoms with Crippen LogP contribution in [-0.4, -0.2) is 30.1 Å². The summed E-state index contributed by atoms with van der Waals surface area (Å²) in [4.78, 5) is 2.27. The number of nitrogens with zero attached hydrogens (tertiary/aromatic N) is 1. The van der Waals surface area contributed by atoms with Crippen molar-refractivity contribution in [3.05, 3.63) is 29.3 Å². The normalized spacial score (nSPS) is 20.9. The lowest BCUT2D eigenvalue weighted by Crippen LogP contribution is -2.33. The Morgan fingerprint density at radius 1 is 1.36 bits per heavy atom. The molecule has 76 valence electrons. The first-order valence-corrected chi connectivity index (χ1v) is 5.14. The van der Waals surface area contributed by atoms with E-state index in [0.29, 0.717) is 11.8 Å². The highest BCUT2D eigenvalue weighted by molar-refractivity contribution is 5.41. The number of rotatable bonds is 1. The second-order valence-corrected chi connectivity index (χ2v) is 4.28. The van der Waals surface area contributed by atoms with Gasteiger partial charge in [-0.1, -0.05) is 12.1 Å². The number of phenols is 1. The molecule has 0 fully saturated rings. The fourth-order valence-corrected chi connectivity index (χ4v) is 2.21. The molecule has 2 nitrogen and oxygen atoms in total. The van der Waals surface area contributed by atoms with Crippen LogP contribution in [-0.2, 0) is 12.8 Å². The lowest BCUT2D eigenvalue weighted by molar-refractivity contribution is 0.266. The van der Waals surface area contributed by atoms with Gasteiger partial charge in [-0.15, -0.1) is 0 Å². The lowest BCUT2D eigenvalue weighted by Gasteiger charge is -2.30. The number of hydrogen-bond donors (Lipinski definition) is 1. The molecule has 0 unspecified atom stereocenters. The van der Waals surface area contributed by atoms with Gasteiger partial charge in [0.15, 0.2) is 0 Å². The lowest BCUT2D eigenvalue weighted by atomic mass is 9.87. The maximum Gasteiger partial charge on any atom is 0.119 e. The third kappa shape index (κ3) is 1.62. The van der Waals surface area contributed by atoms with E-state index in [0.717, 1.165) is 24.8 Å². The molecule has 0 aromatic heterocycles. The molecule has 14 heavy (non-hydrogen) atoms. The Hall–Kier alpha value is -1.02. The summed E-state index contributed by atoms with van der Waals surface area (Å²) in [6.07, 6.45) is 3.22. The SMILES string of the molecule is CN(C)[C@H]1CCc2c(O)cccc2C1. The molecule has 1 N–H and O–H groups in total. The van der Waals surface area contributed by atoms with Crippen LogP contribution in [0.2, 0.25) is 0 Å². The summed E-state index contributed by atoms with van der Waals surface area (Å²) >= 11 is 0. The Morgan fingerprint density at radius 3 is 2.86 bits per heavy atom. The highest BCUT2D eigenvalue weighted by atomic mass is 16.3. The van der Waals surface area contributed by atoms with Gasteiger partial charge in [-0.3, -0.25) is 0 Å². The largest absolute Gasteiger partial charge is 0.508 e. The predicted octanol–water partition coefficient (Wildman–Crippen LogP) is 1.81. The number of hydrogen-bond acceptors (Lipinski definition) is 2. The molecule has 0 bridgehead atoms. The third-order valence-electron chi connectivity index (χ3n) is 3.16. The van der Waals surface area contributed by atoms with Gasteiger partial charge in [-0.25, -0.2) is 0 Å². The molecular formula is C12H17NO. The number of phenolic OH excluding ortho intramolecular Hbond substituents is 1. The van der Waals surface area contributed by atoms with Crippen LogP contribution in [0.1, 0.15) is 17.5 Å². The van der Waals surface area contributed by atoms with E-state index >= 15 is 0 Å². The number of aromatic hydroxyl groups is 1. The predicted molar refractivity (Wildman–Crippen MR) is 57.6 cm³/mol. The molecule has 1 aromatic carbocycles. The first kappa shape index (κ1) is 9.53. The van der Waals surface area contributed by atoms with Gasteiger partial charge in [0.2, 0.25) is 0 Å². The molecule has 0 saturated carbocycles. The van der Waals surface area contributed by atoms with Crippen LogP contribution >= 0.6 is 0 Å². The quantitative estimate of drug-likeness (QED) is 0.731. The Kier molecular flexibility index (Phi) is 2.46. The minimum absolute atomic E-state index is 0.472.